The fourth-order valence-corrected chi connectivity index (χ4v) is 3.18. The van der Waals surface area contributed by atoms with E-state index in [9.17, 15) is 13.6 Å². The van der Waals surface area contributed by atoms with Crippen LogP contribution in [0.1, 0.15) is 16.1 Å². The van der Waals surface area contributed by atoms with Gasteiger partial charge in [0, 0.05) is 5.56 Å². The number of pyridine rings is 1. The molecule has 3 rings (SSSR count). The lowest BCUT2D eigenvalue weighted by Crippen LogP contribution is -2.12. The Kier molecular flexibility index (Phi) is 6.82. The Morgan fingerprint density at radius 3 is 2.52 bits per heavy atom. The zero-order chi connectivity index (χ0) is 22.7. The number of carbonyl (C=O) groups excluding carboxylic acids is 1. The molecule has 3 aromatic rings. The Morgan fingerprint density at radius 2 is 1.84 bits per heavy atom. The molecule has 10 heteroatoms. The standard InChI is InChI=1S/C21H16Cl2F2N2O4/c1-29-11-5-3-4-10(8-11)9-31-21(28)19-14(23)17(26)16(25)18(27-19)12-6-7-13(22)20(30-2)15(12)24/h3-8H,9H2,1-2H3,(H2,26,27). The number of halogens is 4. The molecule has 31 heavy (non-hydrogen) atoms. The first-order chi connectivity index (χ1) is 14.8. The van der Waals surface area contributed by atoms with Crippen molar-refractivity contribution in [3.63, 3.8) is 0 Å². The van der Waals surface area contributed by atoms with Gasteiger partial charge in [-0.1, -0.05) is 35.3 Å². The number of carbonyl (C=O) groups is 1. The quantitative estimate of drug-likeness (QED) is 0.494. The van der Waals surface area contributed by atoms with Crippen LogP contribution in [-0.4, -0.2) is 25.2 Å². The predicted molar refractivity (Wildman–Crippen MR) is 113 cm³/mol. The van der Waals surface area contributed by atoms with Crippen LogP contribution in [0, 0.1) is 11.6 Å². The van der Waals surface area contributed by atoms with Gasteiger partial charge in [-0.05, 0) is 29.8 Å². The lowest BCUT2D eigenvalue weighted by atomic mass is 10.1. The van der Waals surface area contributed by atoms with Crippen molar-refractivity contribution in [2.75, 3.05) is 20.0 Å². The highest BCUT2D eigenvalue weighted by Gasteiger charge is 2.26. The third kappa shape index (κ3) is 4.50. The van der Waals surface area contributed by atoms with Crippen molar-refractivity contribution in [1.29, 1.82) is 0 Å². The molecule has 0 saturated heterocycles. The van der Waals surface area contributed by atoms with E-state index in [1.54, 1.807) is 24.3 Å². The van der Waals surface area contributed by atoms with Crippen LogP contribution in [0.4, 0.5) is 14.5 Å². The number of hydrogen-bond donors (Lipinski definition) is 1. The summed E-state index contributed by atoms with van der Waals surface area (Å²) in [5, 5.41) is -0.470. The van der Waals surface area contributed by atoms with Gasteiger partial charge in [0.25, 0.3) is 0 Å². The molecule has 0 radical (unpaired) electrons. The number of methoxy groups -OCH3 is 2. The fraction of sp³-hybridized carbons (Fsp3) is 0.143. The summed E-state index contributed by atoms with van der Waals surface area (Å²) >= 11 is 11.9. The zero-order valence-corrected chi connectivity index (χ0v) is 17.9. The number of anilines is 1. The van der Waals surface area contributed by atoms with E-state index >= 15 is 0 Å². The highest BCUT2D eigenvalue weighted by molar-refractivity contribution is 6.36. The molecular weight excluding hydrogens is 453 g/mol. The Morgan fingerprint density at radius 1 is 1.10 bits per heavy atom. The molecule has 0 amide bonds. The topological polar surface area (TPSA) is 83.7 Å². The van der Waals surface area contributed by atoms with Crippen LogP contribution in [0.15, 0.2) is 36.4 Å². The number of rotatable bonds is 6. The third-order valence-electron chi connectivity index (χ3n) is 4.32. The highest BCUT2D eigenvalue weighted by atomic mass is 35.5. The molecular formula is C21H16Cl2F2N2O4. The maximum atomic E-state index is 14.8. The summed E-state index contributed by atoms with van der Waals surface area (Å²) in [5.74, 6) is -2.78. The van der Waals surface area contributed by atoms with Gasteiger partial charge < -0.3 is 19.9 Å². The highest BCUT2D eigenvalue weighted by Crippen LogP contribution is 2.38. The van der Waals surface area contributed by atoms with Gasteiger partial charge in [-0.15, -0.1) is 0 Å². The van der Waals surface area contributed by atoms with E-state index in [0.29, 0.717) is 11.3 Å². The number of aromatic nitrogens is 1. The smallest absolute Gasteiger partial charge is 0.358 e. The molecule has 1 aromatic heterocycles. The maximum Gasteiger partial charge on any atom is 0.358 e. The normalized spacial score (nSPS) is 10.6. The van der Waals surface area contributed by atoms with E-state index in [1.807, 2.05) is 0 Å². The fourth-order valence-electron chi connectivity index (χ4n) is 2.76. The molecule has 0 saturated carbocycles. The summed E-state index contributed by atoms with van der Waals surface area (Å²) in [7, 11) is 2.71. The van der Waals surface area contributed by atoms with Gasteiger partial charge in [0.05, 0.1) is 30.0 Å². The van der Waals surface area contributed by atoms with Crippen LogP contribution in [0.25, 0.3) is 11.3 Å². The summed E-state index contributed by atoms with van der Waals surface area (Å²) in [6.07, 6.45) is 0. The molecule has 0 spiro atoms. The molecule has 0 atom stereocenters. The molecule has 1 heterocycles. The van der Waals surface area contributed by atoms with Gasteiger partial charge in [-0.25, -0.2) is 18.6 Å². The first-order valence-electron chi connectivity index (χ1n) is 8.75. The molecule has 0 aliphatic carbocycles. The second-order valence-electron chi connectivity index (χ2n) is 6.22. The summed E-state index contributed by atoms with van der Waals surface area (Å²) in [4.78, 5) is 16.5. The molecule has 2 N–H and O–H groups in total. The monoisotopic (exact) mass is 468 g/mol. The SMILES string of the molecule is COc1cccc(COC(=O)c2nc(-c3ccc(Cl)c(OC)c3F)c(F)c(N)c2Cl)c1. The van der Waals surface area contributed by atoms with Gasteiger partial charge in [-0.2, -0.15) is 0 Å². The number of hydrogen-bond acceptors (Lipinski definition) is 6. The van der Waals surface area contributed by atoms with Crippen LogP contribution in [0.3, 0.4) is 0 Å². The number of esters is 1. The van der Waals surface area contributed by atoms with E-state index in [2.05, 4.69) is 4.98 Å². The lowest BCUT2D eigenvalue weighted by molar-refractivity contribution is 0.0466. The van der Waals surface area contributed by atoms with Gasteiger partial charge in [0.1, 0.15) is 18.1 Å². The van der Waals surface area contributed by atoms with Crippen LogP contribution >= 0.6 is 23.2 Å². The van der Waals surface area contributed by atoms with Crippen molar-refractivity contribution in [3.05, 3.63) is 69.3 Å². The Hall–Kier alpha value is -3.10. The Balaban J connectivity index is 1.99. The summed E-state index contributed by atoms with van der Waals surface area (Å²) in [5.41, 5.74) is 4.44. The molecule has 162 valence electrons. The minimum absolute atomic E-state index is 0.0241. The van der Waals surface area contributed by atoms with E-state index in [-0.39, 0.29) is 22.9 Å². The van der Waals surface area contributed by atoms with E-state index in [4.69, 9.17) is 43.1 Å². The lowest BCUT2D eigenvalue weighted by Gasteiger charge is -2.14. The van der Waals surface area contributed by atoms with Crippen LogP contribution in [0.2, 0.25) is 10.0 Å². The third-order valence-corrected chi connectivity index (χ3v) is 5.00. The predicted octanol–water partition coefficient (Wildman–Crippen LogP) is 5.29. The zero-order valence-electron chi connectivity index (χ0n) is 16.3. The van der Waals surface area contributed by atoms with Crippen LogP contribution in [0.5, 0.6) is 11.5 Å². The Labute approximate surface area is 186 Å². The van der Waals surface area contributed by atoms with Gasteiger partial charge in [-0.3, -0.25) is 0 Å². The largest absolute Gasteiger partial charge is 0.497 e. The average Bonchev–Trinajstić information content (AvgIpc) is 2.77. The van der Waals surface area contributed by atoms with E-state index in [1.165, 1.54) is 26.4 Å². The van der Waals surface area contributed by atoms with Crippen molar-refractivity contribution in [1.82, 2.24) is 4.98 Å². The van der Waals surface area contributed by atoms with Crippen molar-refractivity contribution in [2.45, 2.75) is 6.61 Å². The van der Waals surface area contributed by atoms with Gasteiger partial charge in [0.2, 0.25) is 0 Å². The van der Waals surface area contributed by atoms with Crippen molar-refractivity contribution in [3.8, 4) is 22.8 Å². The maximum absolute atomic E-state index is 14.8. The van der Waals surface area contributed by atoms with E-state index < -0.39 is 39.7 Å². The minimum Gasteiger partial charge on any atom is -0.497 e. The molecule has 0 fully saturated rings. The molecule has 2 aromatic carbocycles. The molecule has 0 aliphatic heterocycles. The summed E-state index contributed by atoms with van der Waals surface area (Å²) in [6, 6.07) is 9.31. The molecule has 0 bridgehead atoms. The molecule has 0 unspecified atom stereocenters. The first-order valence-corrected chi connectivity index (χ1v) is 9.51. The van der Waals surface area contributed by atoms with Gasteiger partial charge in [0.15, 0.2) is 23.1 Å². The summed E-state index contributed by atoms with van der Waals surface area (Å²) < 4.78 is 44.8. The molecule has 6 nitrogen and oxygen atoms in total. The number of nitrogen functional groups attached to an aromatic ring is 1. The van der Waals surface area contributed by atoms with E-state index in [0.717, 1.165) is 0 Å². The van der Waals surface area contributed by atoms with Crippen molar-refractivity contribution in [2.24, 2.45) is 0 Å². The van der Waals surface area contributed by atoms with Crippen molar-refractivity contribution >= 4 is 34.9 Å². The second-order valence-corrected chi connectivity index (χ2v) is 7.01. The Bertz CT molecular complexity index is 1160. The number of nitrogens with two attached hydrogens (primary N) is 1. The van der Waals surface area contributed by atoms with Crippen molar-refractivity contribution < 1.29 is 27.8 Å². The van der Waals surface area contributed by atoms with Crippen LogP contribution in [-0.2, 0) is 11.3 Å². The van der Waals surface area contributed by atoms with Crippen LogP contribution < -0.4 is 15.2 Å². The number of benzene rings is 2. The minimum atomic E-state index is -1.10. The number of ether oxygens (including phenoxy) is 3. The molecule has 0 aliphatic rings. The second kappa shape index (κ2) is 9.36. The summed E-state index contributed by atoms with van der Waals surface area (Å²) in [6.45, 7) is -0.135. The van der Waals surface area contributed by atoms with Gasteiger partial charge >= 0.3 is 5.97 Å². The average molecular weight is 469 g/mol. The first kappa shape index (κ1) is 22.6. The number of nitrogens with zero attached hydrogens (tertiary/aromatic N) is 1.